The van der Waals surface area contributed by atoms with Gasteiger partial charge in [0.15, 0.2) is 0 Å². The van der Waals surface area contributed by atoms with Crippen molar-refractivity contribution >= 4 is 23.8 Å². The number of aliphatic hydroxyl groups is 1. The largest absolute Gasteiger partial charge is 0.459 e. The van der Waals surface area contributed by atoms with Crippen molar-refractivity contribution in [3.63, 3.8) is 0 Å². The fraction of sp³-hybridized carbons (Fsp3) is 0.610. The molecule has 3 heterocycles. The van der Waals surface area contributed by atoms with Crippen LogP contribution in [0.1, 0.15) is 66.7 Å². The minimum absolute atomic E-state index is 0.0115. The molecule has 0 aromatic heterocycles. The van der Waals surface area contributed by atoms with E-state index in [9.17, 15) is 46.2 Å². The smallest absolute Gasteiger partial charge is 0.313 e. The summed E-state index contributed by atoms with van der Waals surface area (Å²) in [6.45, 7) is 9.24. The van der Waals surface area contributed by atoms with Crippen molar-refractivity contribution < 1.29 is 79.4 Å². The molecule has 2 amide bonds. The highest BCUT2D eigenvalue weighted by molar-refractivity contribution is 5.87. The van der Waals surface area contributed by atoms with Crippen LogP contribution in [0.25, 0.3) is 0 Å². The molecule has 3 N–H and O–H groups in total. The lowest BCUT2D eigenvalue weighted by Crippen LogP contribution is -2.51. The predicted molar refractivity (Wildman–Crippen MR) is 202 cm³/mol. The summed E-state index contributed by atoms with van der Waals surface area (Å²) in [6, 6.07) is -0.186. The maximum absolute atomic E-state index is 13.7. The zero-order chi connectivity index (χ0) is 44.1. The molecule has 3 aliphatic heterocycles. The van der Waals surface area contributed by atoms with Gasteiger partial charge in [-0.25, -0.2) is 13.2 Å². The molecule has 1 aromatic carbocycles. The van der Waals surface area contributed by atoms with Gasteiger partial charge in [-0.05, 0) is 45.6 Å². The van der Waals surface area contributed by atoms with Crippen LogP contribution in [0.3, 0.4) is 0 Å². The Kier molecular flexibility index (Phi) is 18.2. The van der Waals surface area contributed by atoms with Crippen molar-refractivity contribution in [2.24, 2.45) is 5.92 Å². The summed E-state index contributed by atoms with van der Waals surface area (Å²) in [4.78, 5) is 48.0. The fourth-order valence-electron chi connectivity index (χ4n) is 6.75. The lowest BCUT2D eigenvalue weighted by atomic mass is 9.87. The van der Waals surface area contributed by atoms with Gasteiger partial charge in [0.1, 0.15) is 23.9 Å². The van der Waals surface area contributed by atoms with Crippen LogP contribution in [-0.2, 0) is 47.6 Å². The predicted octanol–water partition coefficient (Wildman–Crippen LogP) is 4.20. The zero-order valence-corrected chi connectivity index (χ0v) is 34.1. The summed E-state index contributed by atoms with van der Waals surface area (Å²) in [5.74, 6) is -15.2. The van der Waals surface area contributed by atoms with Gasteiger partial charge in [-0.3, -0.25) is 19.2 Å². The zero-order valence-electron chi connectivity index (χ0n) is 34.1. The van der Waals surface area contributed by atoms with E-state index in [1.54, 1.807) is 13.0 Å². The number of nitrogens with one attached hydrogen (secondary N) is 2. The number of carbonyl (C=O) groups excluding carboxylic acids is 4. The summed E-state index contributed by atoms with van der Waals surface area (Å²) >= 11 is 0. The summed E-state index contributed by atoms with van der Waals surface area (Å²) in [5.41, 5.74) is 0.129. The van der Waals surface area contributed by atoms with Crippen molar-refractivity contribution in [3.8, 4) is 5.75 Å². The van der Waals surface area contributed by atoms with E-state index < -0.39 is 83.2 Å². The normalized spacial score (nSPS) is 27.2. The summed E-state index contributed by atoms with van der Waals surface area (Å²) < 4.78 is 105. The Labute approximate surface area is 344 Å². The van der Waals surface area contributed by atoms with E-state index in [4.69, 9.17) is 28.4 Å². The molecule has 3 fully saturated rings. The van der Waals surface area contributed by atoms with Gasteiger partial charge in [0, 0.05) is 26.0 Å². The second kappa shape index (κ2) is 22.5. The lowest BCUT2D eigenvalue weighted by Gasteiger charge is -2.39. The molecule has 1 spiro atoms. The van der Waals surface area contributed by atoms with E-state index >= 15 is 0 Å². The third-order valence-corrected chi connectivity index (χ3v) is 10.1. The Bertz CT molecular complexity index is 1740. The number of hydrogen-bond acceptors (Lipinski definition) is 12. The average molecular weight is 861 g/mol. The van der Waals surface area contributed by atoms with E-state index in [0.717, 1.165) is 5.57 Å². The minimum Gasteiger partial charge on any atom is -0.459 e. The number of allylic oxidation sites excluding steroid dienone is 2. The van der Waals surface area contributed by atoms with Crippen molar-refractivity contribution in [1.82, 2.24) is 10.6 Å². The van der Waals surface area contributed by atoms with Crippen molar-refractivity contribution in [2.45, 2.75) is 115 Å². The molecular weight excluding hydrogens is 807 g/mol. The van der Waals surface area contributed by atoms with Crippen molar-refractivity contribution in [2.75, 3.05) is 39.6 Å². The quantitative estimate of drug-likeness (QED) is 0.0196. The topological polar surface area (TPSA) is 180 Å². The molecular formula is C41H53F5N2O12. The van der Waals surface area contributed by atoms with Crippen LogP contribution < -0.4 is 15.4 Å². The SMILES string of the molecule is CC(=O)OC(C)/C=C\C(=O)NC1CC(C)C(C/C=C(C)/C=C/C2O[C@H](CC(=O)NCCOCCOCCC(=O)Oc3c(F)c(F)c(F)c(F)c3F)CC3(CO3)[C@@H]2O)OC1C. The van der Waals surface area contributed by atoms with Crippen molar-refractivity contribution in [1.29, 1.82) is 0 Å². The molecule has 0 saturated carbocycles. The molecule has 60 heavy (non-hydrogen) atoms. The highest BCUT2D eigenvalue weighted by Gasteiger charge is 2.58. The molecule has 14 nitrogen and oxygen atoms in total. The first kappa shape index (κ1) is 48.4. The number of halogens is 5. The average Bonchev–Trinajstić information content (AvgIpc) is 3.97. The van der Waals surface area contributed by atoms with E-state index in [2.05, 4.69) is 22.3 Å². The van der Waals surface area contributed by atoms with Crippen LogP contribution >= 0.6 is 0 Å². The third-order valence-electron chi connectivity index (χ3n) is 10.1. The highest BCUT2D eigenvalue weighted by Crippen LogP contribution is 2.43. The van der Waals surface area contributed by atoms with Gasteiger partial charge in [0.25, 0.3) is 0 Å². The maximum atomic E-state index is 13.7. The Hall–Kier alpha value is -4.27. The monoisotopic (exact) mass is 860 g/mol. The van der Waals surface area contributed by atoms with Crippen LogP contribution in [0.5, 0.6) is 5.75 Å². The summed E-state index contributed by atoms with van der Waals surface area (Å²) in [5, 5.41) is 16.7. The summed E-state index contributed by atoms with van der Waals surface area (Å²) in [7, 11) is 0. The van der Waals surface area contributed by atoms with Crippen molar-refractivity contribution in [3.05, 3.63) is 65.0 Å². The number of hydrogen-bond donors (Lipinski definition) is 3. The number of benzene rings is 1. The molecule has 0 aliphatic carbocycles. The van der Waals surface area contributed by atoms with Crippen LogP contribution in [0.4, 0.5) is 22.0 Å². The first-order chi connectivity index (χ1) is 28.4. The van der Waals surface area contributed by atoms with E-state index in [1.165, 1.54) is 19.1 Å². The number of amides is 2. The molecule has 9 atom stereocenters. The molecule has 0 radical (unpaired) electrons. The van der Waals surface area contributed by atoms with Crippen LogP contribution in [-0.4, -0.2) is 117 Å². The number of rotatable bonds is 20. The Morgan fingerprint density at radius 1 is 0.933 bits per heavy atom. The Morgan fingerprint density at radius 2 is 1.58 bits per heavy atom. The molecule has 1 aromatic rings. The maximum Gasteiger partial charge on any atom is 0.313 e. The fourth-order valence-corrected chi connectivity index (χ4v) is 6.75. The van der Waals surface area contributed by atoms with Gasteiger partial charge >= 0.3 is 11.9 Å². The van der Waals surface area contributed by atoms with Gasteiger partial charge < -0.3 is 48.9 Å². The van der Waals surface area contributed by atoms with Gasteiger partial charge in [-0.2, -0.15) is 8.78 Å². The summed E-state index contributed by atoms with van der Waals surface area (Å²) in [6.07, 6.45) is 6.67. The van der Waals surface area contributed by atoms with Gasteiger partial charge in [0.05, 0.1) is 70.2 Å². The molecule has 7 unspecified atom stereocenters. The van der Waals surface area contributed by atoms with Gasteiger partial charge in [0.2, 0.25) is 46.6 Å². The van der Waals surface area contributed by atoms with Crippen LogP contribution in [0, 0.1) is 35.0 Å². The van der Waals surface area contributed by atoms with Gasteiger partial charge in [-0.15, -0.1) is 0 Å². The molecule has 0 bridgehead atoms. The van der Waals surface area contributed by atoms with Crippen LogP contribution in [0.2, 0.25) is 0 Å². The number of epoxide rings is 1. The third kappa shape index (κ3) is 14.2. The van der Waals surface area contributed by atoms with Gasteiger partial charge in [-0.1, -0.05) is 30.7 Å². The second-order valence-electron chi connectivity index (χ2n) is 15.1. The highest BCUT2D eigenvalue weighted by atomic mass is 19.2. The molecule has 19 heteroatoms. The number of aliphatic hydroxyl groups excluding tert-OH is 1. The minimum atomic E-state index is -2.37. The number of ether oxygens (including phenoxy) is 7. The molecule has 4 rings (SSSR count). The van der Waals surface area contributed by atoms with E-state index in [0.29, 0.717) is 25.9 Å². The first-order valence-electron chi connectivity index (χ1n) is 19.7. The Balaban J connectivity index is 1.12. The first-order valence-corrected chi connectivity index (χ1v) is 19.7. The second-order valence-corrected chi connectivity index (χ2v) is 15.1. The molecule has 334 valence electrons. The lowest BCUT2D eigenvalue weighted by molar-refractivity contribution is -0.145. The standard InChI is InChI=1S/C41H53F5N2O12/c1-22(6-9-29-23(2)18-28(25(4)58-29)48-31(50)11-8-24(3)57-26(5)49)7-10-30-40(53)41(21-56-41)20-27(59-30)19-32(51)47-13-15-55-17-16-54-14-12-33(52)60-39-37(45)35(43)34(42)36(44)38(39)46/h6-8,10-11,23-25,27-30,40,53H,9,12-21H2,1-5H3,(H,47,51)(H,48,50)/b10-7+,11-8-,22-6+/t23?,24?,25?,27-,28?,29?,30?,40-,41?/m1/s1. The van der Waals surface area contributed by atoms with Crippen LogP contribution in [0.15, 0.2) is 36.0 Å². The number of carbonyl (C=O) groups is 4. The molecule has 3 saturated heterocycles. The van der Waals surface area contributed by atoms with E-state index in [-0.39, 0.29) is 75.4 Å². The number of esters is 2. The molecule has 3 aliphatic rings. The Morgan fingerprint density at radius 3 is 2.23 bits per heavy atom. The van der Waals surface area contributed by atoms with E-state index in [1.807, 2.05) is 26.0 Å².